The van der Waals surface area contributed by atoms with Crippen molar-refractivity contribution in [3.63, 3.8) is 0 Å². The molecule has 3 N–H and O–H groups in total. The number of ether oxygens (including phenoxy) is 1. The molecule has 3 heterocycles. The number of pyridine rings is 2. The molecule has 56 heavy (non-hydrogen) atoms. The minimum atomic E-state index is -4.93. The summed E-state index contributed by atoms with van der Waals surface area (Å²) in [4.78, 5) is 34.8. The molecule has 1 fully saturated rings. The Balaban J connectivity index is 1.39. The summed E-state index contributed by atoms with van der Waals surface area (Å²) in [5, 5.41) is 9.71. The van der Waals surface area contributed by atoms with E-state index in [0.29, 0.717) is 41.2 Å². The summed E-state index contributed by atoms with van der Waals surface area (Å²) < 4.78 is 80.5. The van der Waals surface area contributed by atoms with Crippen molar-refractivity contribution in [2.75, 3.05) is 17.2 Å². The molecule has 0 saturated heterocycles. The Kier molecular flexibility index (Phi) is 12.0. The van der Waals surface area contributed by atoms with E-state index in [1.165, 1.54) is 24.4 Å². The van der Waals surface area contributed by atoms with Gasteiger partial charge in [-0.3, -0.25) is 15.1 Å². The van der Waals surface area contributed by atoms with Gasteiger partial charge in [0.25, 0.3) is 5.91 Å². The predicted octanol–water partition coefficient (Wildman–Crippen LogP) is 9.06. The molecule has 2 aromatic carbocycles. The Morgan fingerprint density at radius 2 is 1.71 bits per heavy atom. The first-order valence-electron chi connectivity index (χ1n) is 18.3. The summed E-state index contributed by atoms with van der Waals surface area (Å²) in [6.07, 6.45) is 3.81. The number of carbonyl (C=O) groups is 2. The van der Waals surface area contributed by atoms with Crippen LogP contribution in [0.15, 0.2) is 79.3 Å². The summed E-state index contributed by atoms with van der Waals surface area (Å²) in [6, 6.07) is 14.4. The number of carbonyl (C=O) groups excluding carboxylic acids is 2. The number of fused-ring (bicyclic) bond motifs is 1. The molecule has 0 aliphatic heterocycles. The first-order valence-corrected chi connectivity index (χ1v) is 19.5. The van der Waals surface area contributed by atoms with E-state index >= 15 is 4.39 Å². The zero-order valence-electron chi connectivity index (χ0n) is 31.4. The van der Waals surface area contributed by atoms with Crippen LogP contribution in [0.1, 0.15) is 93.5 Å². The number of anilines is 2. The van der Waals surface area contributed by atoms with Crippen LogP contribution in [0.2, 0.25) is 0 Å². The Morgan fingerprint density at radius 3 is 2.39 bits per heavy atom. The van der Waals surface area contributed by atoms with E-state index < -0.39 is 57.0 Å². The van der Waals surface area contributed by atoms with Crippen molar-refractivity contribution < 1.29 is 36.4 Å². The van der Waals surface area contributed by atoms with Crippen molar-refractivity contribution in [2.45, 2.75) is 82.7 Å². The van der Waals surface area contributed by atoms with Crippen LogP contribution in [0.4, 0.5) is 33.9 Å². The molecule has 5 aromatic rings. The zero-order chi connectivity index (χ0) is 40.3. The fraction of sp³-hybridized carbons (Fsp3) is 0.375. The normalized spacial score (nSPS) is 14.9. The molecule has 1 aliphatic rings. The monoisotopic (exact) mass is 793 g/mol. The SMILES string of the molecule is CCCCOC(=O)Nc1nccc2ccc(-n3nc(C(F)(F)F)cc3C(=O)Nc3cc(C(CCC4CC4)(N[S+]([O-])C(C)(C)C)c4ccncc4)ccc3F)cc12. The molecule has 6 rings (SSSR count). The number of nitrogens with one attached hydrogen (secondary N) is 3. The van der Waals surface area contributed by atoms with Gasteiger partial charge in [-0.05, 0) is 105 Å². The highest BCUT2D eigenvalue weighted by atomic mass is 32.2. The van der Waals surface area contributed by atoms with Crippen LogP contribution in [-0.2, 0) is 27.8 Å². The lowest BCUT2D eigenvalue weighted by Gasteiger charge is -2.38. The van der Waals surface area contributed by atoms with E-state index in [0.717, 1.165) is 42.0 Å². The quantitative estimate of drug-likeness (QED) is 0.0574. The highest BCUT2D eigenvalue weighted by Crippen LogP contribution is 2.43. The number of unbranched alkanes of at least 4 members (excludes halogenated alkanes) is 1. The van der Waals surface area contributed by atoms with Gasteiger partial charge in [0.05, 0.1) is 18.0 Å². The van der Waals surface area contributed by atoms with E-state index in [9.17, 15) is 27.3 Å². The topological polar surface area (TPSA) is 146 Å². The van der Waals surface area contributed by atoms with Crippen LogP contribution in [-0.4, -0.2) is 47.7 Å². The minimum absolute atomic E-state index is 0.0356. The average Bonchev–Trinajstić information content (AvgIpc) is 3.88. The van der Waals surface area contributed by atoms with E-state index in [-0.39, 0.29) is 23.8 Å². The number of amides is 2. The van der Waals surface area contributed by atoms with Gasteiger partial charge in [-0.1, -0.05) is 38.3 Å². The maximum absolute atomic E-state index is 15.7. The van der Waals surface area contributed by atoms with Gasteiger partial charge in [-0.2, -0.15) is 18.3 Å². The summed E-state index contributed by atoms with van der Waals surface area (Å²) in [5.74, 6) is -1.36. The Morgan fingerprint density at radius 1 is 0.964 bits per heavy atom. The molecule has 0 spiro atoms. The lowest BCUT2D eigenvalue weighted by Crippen LogP contribution is -2.52. The third kappa shape index (κ3) is 9.31. The molecule has 2 unspecified atom stereocenters. The fourth-order valence-electron chi connectivity index (χ4n) is 6.18. The van der Waals surface area contributed by atoms with Gasteiger partial charge >= 0.3 is 12.3 Å². The van der Waals surface area contributed by atoms with Crippen LogP contribution in [0, 0.1) is 11.7 Å². The number of hydrogen-bond acceptors (Lipinski definition) is 8. The summed E-state index contributed by atoms with van der Waals surface area (Å²) >= 11 is -1.61. The summed E-state index contributed by atoms with van der Waals surface area (Å²) in [7, 11) is 0. The molecule has 0 radical (unpaired) electrons. The molecule has 1 saturated carbocycles. The second-order valence-electron chi connectivity index (χ2n) is 14.8. The van der Waals surface area contributed by atoms with Gasteiger partial charge in [-0.25, -0.2) is 18.9 Å². The van der Waals surface area contributed by atoms with Crippen molar-refractivity contribution in [2.24, 2.45) is 5.92 Å². The summed E-state index contributed by atoms with van der Waals surface area (Å²) in [6.45, 7) is 7.61. The molecule has 16 heteroatoms. The van der Waals surface area contributed by atoms with Crippen molar-refractivity contribution in [3.05, 3.63) is 108 Å². The van der Waals surface area contributed by atoms with Gasteiger partial charge in [-0.15, -0.1) is 4.72 Å². The van der Waals surface area contributed by atoms with Crippen LogP contribution in [0.5, 0.6) is 0 Å². The van der Waals surface area contributed by atoms with Gasteiger partial charge in [0.1, 0.15) is 27.6 Å². The number of hydrogen-bond donors (Lipinski definition) is 3. The number of halogens is 4. The molecule has 2 amide bonds. The van der Waals surface area contributed by atoms with Gasteiger partial charge in [0.15, 0.2) is 5.69 Å². The average molecular weight is 794 g/mol. The van der Waals surface area contributed by atoms with Crippen LogP contribution in [0.3, 0.4) is 0 Å². The zero-order valence-corrected chi connectivity index (χ0v) is 32.2. The van der Waals surface area contributed by atoms with E-state index in [1.54, 1.807) is 42.7 Å². The van der Waals surface area contributed by atoms with Crippen LogP contribution in [0.25, 0.3) is 16.5 Å². The number of aromatic nitrogens is 4. The lowest BCUT2D eigenvalue weighted by atomic mass is 9.79. The molecule has 0 bridgehead atoms. The molecule has 2 atom stereocenters. The third-order valence-electron chi connectivity index (χ3n) is 9.51. The molecule has 3 aromatic heterocycles. The van der Waals surface area contributed by atoms with Crippen molar-refractivity contribution >= 4 is 45.6 Å². The fourth-order valence-corrected chi connectivity index (χ4v) is 7.14. The molecule has 11 nitrogen and oxygen atoms in total. The number of rotatable bonds is 14. The van der Waals surface area contributed by atoms with E-state index in [2.05, 4.69) is 30.4 Å². The third-order valence-corrected chi connectivity index (χ3v) is 11.2. The first-order chi connectivity index (χ1) is 26.6. The largest absolute Gasteiger partial charge is 0.598 e. The first kappa shape index (κ1) is 40.6. The van der Waals surface area contributed by atoms with Gasteiger partial charge < -0.3 is 14.6 Å². The standard InChI is InChI=1S/C40H43F4N7O4S/c1-5-6-21-55-37(53)48-35-30-23-29(11-9-26(30)14-20-46-35)51-33(24-34(49-51)40(42,43)44)36(52)47-32-22-28(10-12-31(32)41)39(17-13-25-7-8-25,27-15-18-45-19-16-27)50-56(54)38(2,3)4/h9-12,14-16,18-20,22-25,50H,5-8,13,17,21H2,1-4H3,(H,47,52)(H,46,48,53). The second-order valence-corrected chi connectivity index (χ2v) is 16.7. The number of benzene rings is 2. The lowest BCUT2D eigenvalue weighted by molar-refractivity contribution is -0.141. The highest BCUT2D eigenvalue weighted by Gasteiger charge is 2.44. The number of nitrogens with zero attached hydrogens (tertiary/aromatic N) is 4. The van der Waals surface area contributed by atoms with Gasteiger partial charge in [0.2, 0.25) is 0 Å². The van der Waals surface area contributed by atoms with E-state index in [1.807, 2.05) is 27.7 Å². The Labute approximate surface area is 325 Å². The minimum Gasteiger partial charge on any atom is -0.598 e. The number of alkyl halides is 3. The van der Waals surface area contributed by atoms with Crippen molar-refractivity contribution in [3.8, 4) is 5.69 Å². The van der Waals surface area contributed by atoms with Crippen LogP contribution < -0.4 is 15.4 Å². The molecule has 296 valence electrons. The van der Waals surface area contributed by atoms with Crippen molar-refractivity contribution in [1.82, 2.24) is 24.5 Å². The maximum Gasteiger partial charge on any atom is 0.435 e. The van der Waals surface area contributed by atoms with Gasteiger partial charge in [0, 0.05) is 41.4 Å². The molecule has 1 aliphatic carbocycles. The highest BCUT2D eigenvalue weighted by molar-refractivity contribution is 7.90. The molecular formula is C40H43F4N7O4S. The second kappa shape index (κ2) is 16.6. The predicted molar refractivity (Wildman–Crippen MR) is 206 cm³/mol. The van der Waals surface area contributed by atoms with E-state index in [4.69, 9.17) is 4.74 Å². The Hall–Kier alpha value is -5.06. The maximum atomic E-state index is 15.7. The summed E-state index contributed by atoms with van der Waals surface area (Å²) in [5.41, 5.74) is -2.08. The van der Waals surface area contributed by atoms with Crippen molar-refractivity contribution in [1.29, 1.82) is 0 Å². The molecular weight excluding hydrogens is 751 g/mol. The Bertz CT molecular complexity index is 2190. The van der Waals surface area contributed by atoms with Crippen LogP contribution >= 0.6 is 0 Å². The smallest absolute Gasteiger partial charge is 0.435 e.